The minimum Gasteiger partial charge on any atom is -0.512 e. The Morgan fingerprint density at radius 3 is 2.70 bits per heavy atom. The second-order valence-electron chi connectivity index (χ2n) is 12.2. The van der Waals surface area contributed by atoms with Crippen LogP contribution in [0.2, 0.25) is 0 Å². The van der Waals surface area contributed by atoms with Crippen LogP contribution in [0.3, 0.4) is 0 Å². The number of carbonyl (C=O) groups excluding carboxylic acids is 1. The second kappa shape index (κ2) is 7.34. The van der Waals surface area contributed by atoms with Gasteiger partial charge in [0.25, 0.3) is 5.91 Å². The molecule has 4 bridgehead atoms. The summed E-state index contributed by atoms with van der Waals surface area (Å²) >= 11 is 0. The molecule has 6 aliphatic rings. The molecule has 0 spiro atoms. The van der Waals surface area contributed by atoms with Gasteiger partial charge in [-0.2, -0.15) is 0 Å². The standard InChI is InChI=1S/C29H38N2O2/c32-24-8-4-7-21-17-25-28-13-11-22(23(12-14-28)30-27(33)20-5-2-1-3-6-20)29(28,26(21)24)15-16-31(25)18-19-9-10-19/h1-3,5-6,8,19,21-23,25-26,32H,4,7,9-18H2,(H,30,33). The van der Waals surface area contributed by atoms with Crippen LogP contribution in [-0.2, 0) is 0 Å². The highest BCUT2D eigenvalue weighted by atomic mass is 16.3. The Morgan fingerprint density at radius 2 is 1.88 bits per heavy atom. The zero-order chi connectivity index (χ0) is 22.2. The Hall–Kier alpha value is -1.81. The number of aliphatic hydroxyl groups is 1. The number of hydrogen-bond acceptors (Lipinski definition) is 3. The number of amides is 1. The summed E-state index contributed by atoms with van der Waals surface area (Å²) in [5.41, 5.74) is 1.26. The van der Waals surface area contributed by atoms with Gasteiger partial charge in [-0.1, -0.05) is 18.2 Å². The number of carbonyl (C=O) groups is 1. The molecule has 4 heteroatoms. The number of likely N-dealkylation sites (tertiary alicyclic amines) is 1. The maximum absolute atomic E-state index is 13.2. The molecule has 7 atom stereocenters. The van der Waals surface area contributed by atoms with Gasteiger partial charge in [-0.3, -0.25) is 9.69 Å². The predicted octanol–water partition coefficient (Wildman–Crippen LogP) is 5.32. The van der Waals surface area contributed by atoms with Crippen molar-refractivity contribution in [1.82, 2.24) is 10.2 Å². The maximum atomic E-state index is 13.2. The van der Waals surface area contributed by atoms with Crippen LogP contribution in [0, 0.1) is 34.5 Å². The van der Waals surface area contributed by atoms with E-state index in [2.05, 4.69) is 16.3 Å². The molecule has 33 heavy (non-hydrogen) atoms. The lowest BCUT2D eigenvalue weighted by Gasteiger charge is -2.70. The van der Waals surface area contributed by atoms with Crippen LogP contribution in [-0.4, -0.2) is 41.1 Å². The number of nitrogens with zero attached hydrogens (tertiary/aromatic N) is 1. The lowest BCUT2D eigenvalue weighted by molar-refractivity contribution is -0.209. The van der Waals surface area contributed by atoms with E-state index in [-0.39, 0.29) is 17.4 Å². The Bertz CT molecular complexity index is 971. The molecule has 5 fully saturated rings. The highest BCUT2D eigenvalue weighted by Crippen LogP contribution is 2.77. The first-order valence-electron chi connectivity index (χ1n) is 13.6. The van der Waals surface area contributed by atoms with E-state index >= 15 is 0 Å². The van der Waals surface area contributed by atoms with Crippen molar-refractivity contribution >= 4 is 5.91 Å². The van der Waals surface area contributed by atoms with E-state index in [1.165, 1.54) is 64.5 Å². The molecular weight excluding hydrogens is 408 g/mol. The number of nitrogens with one attached hydrogen (secondary N) is 1. The van der Waals surface area contributed by atoms with E-state index in [1.54, 1.807) is 0 Å². The van der Waals surface area contributed by atoms with Crippen LogP contribution in [0.4, 0.5) is 0 Å². The Balaban J connectivity index is 1.26. The van der Waals surface area contributed by atoms with Gasteiger partial charge in [0.15, 0.2) is 0 Å². The van der Waals surface area contributed by atoms with Gasteiger partial charge in [-0.15, -0.1) is 0 Å². The SMILES string of the molecule is O=C(NC1CCC23CCC1C21CCN(CC2CC2)C3CC2CCC=C(O)C21)c1ccccc1. The second-order valence-corrected chi connectivity index (χ2v) is 12.2. The third-order valence-electron chi connectivity index (χ3n) is 11.1. The number of allylic oxidation sites excluding steroid dienone is 2. The molecule has 5 aliphatic carbocycles. The van der Waals surface area contributed by atoms with E-state index in [4.69, 9.17) is 0 Å². The largest absolute Gasteiger partial charge is 0.512 e. The summed E-state index contributed by atoms with van der Waals surface area (Å²) in [7, 11) is 0. The molecule has 4 saturated carbocycles. The fourth-order valence-electron chi connectivity index (χ4n) is 9.86. The van der Waals surface area contributed by atoms with Crippen LogP contribution in [0.25, 0.3) is 0 Å². The van der Waals surface area contributed by atoms with Crippen LogP contribution < -0.4 is 5.32 Å². The molecule has 1 heterocycles. The summed E-state index contributed by atoms with van der Waals surface area (Å²) in [5.74, 6) is 3.13. The first-order valence-corrected chi connectivity index (χ1v) is 13.6. The smallest absolute Gasteiger partial charge is 0.251 e. The first kappa shape index (κ1) is 20.6. The summed E-state index contributed by atoms with van der Waals surface area (Å²) in [4.78, 5) is 16.1. The van der Waals surface area contributed by atoms with Crippen LogP contribution in [0.1, 0.15) is 74.6 Å². The van der Waals surface area contributed by atoms with E-state index in [0.717, 1.165) is 24.3 Å². The molecule has 0 aromatic heterocycles. The monoisotopic (exact) mass is 446 g/mol. The van der Waals surface area contributed by atoms with Crippen molar-refractivity contribution in [3.63, 3.8) is 0 Å². The van der Waals surface area contributed by atoms with Gasteiger partial charge in [0.1, 0.15) is 0 Å². The molecule has 1 aromatic rings. The number of piperidine rings is 1. The van der Waals surface area contributed by atoms with Gasteiger partial charge in [0.2, 0.25) is 0 Å². The Labute approximate surface area is 197 Å². The number of rotatable bonds is 4. The summed E-state index contributed by atoms with van der Waals surface area (Å²) in [5, 5.41) is 14.8. The Morgan fingerprint density at radius 1 is 1.06 bits per heavy atom. The molecule has 1 amide bonds. The molecule has 1 aliphatic heterocycles. The average molecular weight is 447 g/mol. The van der Waals surface area contributed by atoms with E-state index in [1.807, 2.05) is 30.3 Å². The van der Waals surface area contributed by atoms with Crippen LogP contribution in [0.5, 0.6) is 0 Å². The van der Waals surface area contributed by atoms with Gasteiger partial charge in [-0.25, -0.2) is 0 Å². The van der Waals surface area contributed by atoms with Crippen LogP contribution >= 0.6 is 0 Å². The predicted molar refractivity (Wildman–Crippen MR) is 129 cm³/mol. The van der Waals surface area contributed by atoms with Crippen molar-refractivity contribution < 1.29 is 9.90 Å². The van der Waals surface area contributed by atoms with Crippen molar-refractivity contribution in [3.05, 3.63) is 47.7 Å². The summed E-state index contributed by atoms with van der Waals surface area (Å²) in [6.45, 7) is 2.50. The summed E-state index contributed by atoms with van der Waals surface area (Å²) < 4.78 is 0. The third-order valence-corrected chi connectivity index (χ3v) is 11.1. The van der Waals surface area contributed by atoms with E-state index in [0.29, 0.717) is 35.0 Å². The fourth-order valence-corrected chi connectivity index (χ4v) is 9.86. The molecule has 0 radical (unpaired) electrons. The Kier molecular flexibility index (Phi) is 4.57. The summed E-state index contributed by atoms with van der Waals surface area (Å²) in [6, 6.07) is 10.6. The average Bonchev–Trinajstić information content (AvgIpc) is 3.60. The minimum atomic E-state index is 0.0786. The first-order chi connectivity index (χ1) is 16.1. The number of hydrogen-bond donors (Lipinski definition) is 2. The van der Waals surface area contributed by atoms with Gasteiger partial charge in [0.05, 0.1) is 5.76 Å². The molecular formula is C29H38N2O2. The molecule has 176 valence electrons. The quantitative estimate of drug-likeness (QED) is 0.658. The molecule has 1 saturated heterocycles. The number of benzene rings is 1. The van der Waals surface area contributed by atoms with Gasteiger partial charge in [0, 0.05) is 30.1 Å². The molecule has 7 unspecified atom stereocenters. The topological polar surface area (TPSA) is 52.6 Å². The minimum absolute atomic E-state index is 0.0786. The lowest BCUT2D eigenvalue weighted by atomic mass is 9.39. The normalized spacial score (nSPS) is 43.9. The van der Waals surface area contributed by atoms with Crippen molar-refractivity contribution in [2.75, 3.05) is 13.1 Å². The van der Waals surface area contributed by atoms with Crippen LogP contribution in [0.15, 0.2) is 42.2 Å². The third kappa shape index (κ3) is 2.82. The zero-order valence-electron chi connectivity index (χ0n) is 19.7. The molecule has 4 nitrogen and oxygen atoms in total. The van der Waals surface area contributed by atoms with Gasteiger partial charge < -0.3 is 10.4 Å². The molecule has 2 N–H and O–H groups in total. The lowest BCUT2D eigenvalue weighted by Crippen LogP contribution is -2.72. The molecule has 1 aromatic carbocycles. The van der Waals surface area contributed by atoms with Crippen molar-refractivity contribution in [2.45, 2.75) is 76.3 Å². The van der Waals surface area contributed by atoms with Gasteiger partial charge >= 0.3 is 0 Å². The zero-order valence-corrected chi connectivity index (χ0v) is 19.7. The highest BCUT2D eigenvalue weighted by molar-refractivity contribution is 5.94. The van der Waals surface area contributed by atoms with Crippen molar-refractivity contribution in [3.8, 4) is 0 Å². The number of aliphatic hydroxyl groups excluding tert-OH is 1. The highest BCUT2D eigenvalue weighted by Gasteiger charge is 2.75. The summed E-state index contributed by atoms with van der Waals surface area (Å²) in [6.07, 6.45) is 14.6. The van der Waals surface area contributed by atoms with Crippen molar-refractivity contribution in [2.24, 2.45) is 34.5 Å². The molecule has 7 rings (SSSR count). The van der Waals surface area contributed by atoms with Gasteiger partial charge in [-0.05, 0) is 118 Å². The maximum Gasteiger partial charge on any atom is 0.251 e. The van der Waals surface area contributed by atoms with Crippen molar-refractivity contribution in [1.29, 1.82) is 0 Å². The van der Waals surface area contributed by atoms with E-state index in [9.17, 15) is 9.90 Å². The fraction of sp³-hybridized carbons (Fsp3) is 0.690. The number of fused-ring (bicyclic) bond motifs is 1. The van der Waals surface area contributed by atoms with E-state index < -0.39 is 0 Å².